The molecule has 0 spiro atoms. The van der Waals surface area contributed by atoms with E-state index in [1.54, 1.807) is 25.4 Å². The lowest BCUT2D eigenvalue weighted by atomic mass is 10.0. The number of rotatable bonds is 6. The van der Waals surface area contributed by atoms with Gasteiger partial charge in [-0.2, -0.15) is 0 Å². The average molecular weight is 440 g/mol. The second-order valence-electron chi connectivity index (χ2n) is 7.03. The van der Waals surface area contributed by atoms with Gasteiger partial charge in [-0.1, -0.05) is 30.0 Å². The van der Waals surface area contributed by atoms with E-state index >= 15 is 0 Å². The predicted molar refractivity (Wildman–Crippen MR) is 121 cm³/mol. The minimum absolute atomic E-state index is 0.104. The van der Waals surface area contributed by atoms with Crippen LogP contribution in [0.1, 0.15) is 16.9 Å². The minimum Gasteiger partial charge on any atom is -0.467 e. The summed E-state index contributed by atoms with van der Waals surface area (Å²) >= 11 is 2.69. The van der Waals surface area contributed by atoms with E-state index in [0.717, 1.165) is 11.1 Å². The molecule has 6 nitrogen and oxygen atoms in total. The standard InChI is InChI=1S/C22H21N3O3S2/c1-13-6-7-15(9-14(13)2)17-11-29-20-19(17)21(27)25(3)22(24-20)30-12-18(26)23-10-16-5-4-8-28-16/h4-9,11H,10,12H2,1-3H3,(H,23,26). The van der Waals surface area contributed by atoms with E-state index in [2.05, 4.69) is 36.3 Å². The van der Waals surface area contributed by atoms with Crippen molar-refractivity contribution >= 4 is 39.2 Å². The molecule has 30 heavy (non-hydrogen) atoms. The summed E-state index contributed by atoms with van der Waals surface area (Å²) in [7, 11) is 1.69. The maximum absolute atomic E-state index is 13.1. The van der Waals surface area contributed by atoms with Gasteiger partial charge in [0.1, 0.15) is 10.6 Å². The van der Waals surface area contributed by atoms with Crippen LogP contribution >= 0.6 is 23.1 Å². The molecule has 1 aromatic carbocycles. The quantitative estimate of drug-likeness (QED) is 0.358. The Kier molecular flexibility index (Phi) is 5.78. The van der Waals surface area contributed by atoms with Crippen molar-refractivity contribution in [1.29, 1.82) is 0 Å². The summed E-state index contributed by atoms with van der Waals surface area (Å²) in [5.41, 5.74) is 4.21. The number of fused-ring (bicyclic) bond motifs is 1. The molecule has 1 amide bonds. The molecule has 0 saturated heterocycles. The van der Waals surface area contributed by atoms with Crippen LogP contribution in [0.4, 0.5) is 0 Å². The maximum Gasteiger partial charge on any atom is 0.263 e. The first-order valence-corrected chi connectivity index (χ1v) is 11.3. The van der Waals surface area contributed by atoms with Crippen LogP contribution in [0, 0.1) is 13.8 Å². The zero-order valence-corrected chi connectivity index (χ0v) is 18.5. The van der Waals surface area contributed by atoms with Gasteiger partial charge >= 0.3 is 0 Å². The minimum atomic E-state index is -0.146. The second kappa shape index (κ2) is 8.49. The molecule has 0 aliphatic carbocycles. The molecule has 0 fully saturated rings. The van der Waals surface area contributed by atoms with Crippen molar-refractivity contribution in [2.45, 2.75) is 25.5 Å². The molecule has 0 saturated carbocycles. The van der Waals surface area contributed by atoms with E-state index < -0.39 is 0 Å². The Labute approximate surface area is 181 Å². The molecule has 1 N–H and O–H groups in total. The van der Waals surface area contributed by atoms with Crippen molar-refractivity contribution in [3.05, 3.63) is 69.2 Å². The highest BCUT2D eigenvalue weighted by atomic mass is 32.2. The molecule has 154 valence electrons. The van der Waals surface area contributed by atoms with Crippen molar-refractivity contribution in [3.63, 3.8) is 0 Å². The monoisotopic (exact) mass is 439 g/mol. The molecule has 0 aliphatic rings. The fraction of sp³-hybridized carbons (Fsp3) is 0.227. The largest absolute Gasteiger partial charge is 0.467 e. The van der Waals surface area contributed by atoms with Gasteiger partial charge in [-0.05, 0) is 42.7 Å². The smallest absolute Gasteiger partial charge is 0.263 e. The molecular formula is C22H21N3O3S2. The number of aromatic nitrogens is 2. The number of carbonyl (C=O) groups is 1. The highest BCUT2D eigenvalue weighted by Gasteiger charge is 2.17. The highest BCUT2D eigenvalue weighted by molar-refractivity contribution is 7.99. The van der Waals surface area contributed by atoms with Crippen LogP contribution in [0.5, 0.6) is 0 Å². The number of thiophene rings is 1. The van der Waals surface area contributed by atoms with Gasteiger partial charge in [0.2, 0.25) is 5.91 Å². The van der Waals surface area contributed by atoms with Crippen molar-refractivity contribution < 1.29 is 9.21 Å². The molecule has 0 radical (unpaired) electrons. The average Bonchev–Trinajstić information content (AvgIpc) is 3.40. The van der Waals surface area contributed by atoms with Gasteiger partial charge in [-0.3, -0.25) is 14.2 Å². The van der Waals surface area contributed by atoms with Gasteiger partial charge in [-0.15, -0.1) is 11.3 Å². The number of nitrogens with one attached hydrogen (secondary N) is 1. The van der Waals surface area contributed by atoms with E-state index in [4.69, 9.17) is 4.42 Å². The SMILES string of the molecule is Cc1ccc(-c2csc3nc(SCC(=O)NCc4ccco4)n(C)c(=O)c23)cc1C. The van der Waals surface area contributed by atoms with Gasteiger partial charge in [0.15, 0.2) is 5.16 Å². The summed E-state index contributed by atoms with van der Waals surface area (Å²) in [6.45, 7) is 4.47. The fourth-order valence-electron chi connectivity index (χ4n) is 3.08. The zero-order chi connectivity index (χ0) is 21.3. The molecular weight excluding hydrogens is 418 g/mol. The number of thioether (sulfide) groups is 1. The van der Waals surface area contributed by atoms with Crippen LogP contribution in [-0.2, 0) is 18.4 Å². The Balaban J connectivity index is 1.56. The number of nitrogens with zero attached hydrogens (tertiary/aromatic N) is 2. The van der Waals surface area contributed by atoms with Crippen LogP contribution in [0.2, 0.25) is 0 Å². The summed E-state index contributed by atoms with van der Waals surface area (Å²) < 4.78 is 6.72. The van der Waals surface area contributed by atoms with Crippen LogP contribution in [0.3, 0.4) is 0 Å². The molecule has 4 aromatic rings. The number of carbonyl (C=O) groups excluding carboxylic acids is 1. The third-order valence-corrected chi connectivity index (χ3v) is 6.87. The number of aryl methyl sites for hydroxylation is 2. The lowest BCUT2D eigenvalue weighted by Crippen LogP contribution is -2.25. The van der Waals surface area contributed by atoms with Gasteiger partial charge in [-0.25, -0.2) is 4.98 Å². The maximum atomic E-state index is 13.1. The number of hydrogen-bond acceptors (Lipinski definition) is 6. The molecule has 8 heteroatoms. The summed E-state index contributed by atoms with van der Waals surface area (Å²) in [4.78, 5) is 30.6. The lowest BCUT2D eigenvalue weighted by molar-refractivity contribution is -0.118. The Morgan fingerprint density at radius 2 is 2.10 bits per heavy atom. The summed E-state index contributed by atoms with van der Waals surface area (Å²) in [6.07, 6.45) is 1.57. The van der Waals surface area contributed by atoms with Gasteiger partial charge < -0.3 is 9.73 Å². The Morgan fingerprint density at radius 1 is 1.27 bits per heavy atom. The van der Waals surface area contributed by atoms with Gasteiger partial charge in [0.05, 0.1) is 23.9 Å². The van der Waals surface area contributed by atoms with Crippen LogP contribution in [0.25, 0.3) is 21.3 Å². The number of furan rings is 1. The van der Waals surface area contributed by atoms with Gasteiger partial charge in [0.25, 0.3) is 5.56 Å². The first kappa shape index (κ1) is 20.4. The van der Waals surface area contributed by atoms with Crippen LogP contribution < -0.4 is 10.9 Å². The molecule has 4 rings (SSSR count). The summed E-state index contributed by atoms with van der Waals surface area (Å²) in [6, 6.07) is 9.78. The molecule has 0 aliphatic heterocycles. The molecule has 0 bridgehead atoms. The lowest BCUT2D eigenvalue weighted by Gasteiger charge is -2.09. The molecule has 0 atom stereocenters. The molecule has 3 heterocycles. The normalized spacial score (nSPS) is 11.2. The van der Waals surface area contributed by atoms with Crippen LogP contribution in [0.15, 0.2) is 56.3 Å². The number of benzene rings is 1. The third-order valence-electron chi connectivity index (χ3n) is 4.96. The van der Waals surface area contributed by atoms with Crippen molar-refractivity contribution in [2.75, 3.05) is 5.75 Å². The van der Waals surface area contributed by atoms with Crippen molar-refractivity contribution in [1.82, 2.24) is 14.9 Å². The Hall–Kier alpha value is -2.84. The molecule has 0 unspecified atom stereocenters. The van der Waals surface area contributed by atoms with Gasteiger partial charge in [0, 0.05) is 18.0 Å². The van der Waals surface area contributed by atoms with E-state index in [-0.39, 0.29) is 17.2 Å². The zero-order valence-electron chi connectivity index (χ0n) is 16.9. The molecule has 3 aromatic heterocycles. The van der Waals surface area contributed by atoms with E-state index in [9.17, 15) is 9.59 Å². The van der Waals surface area contributed by atoms with E-state index in [0.29, 0.717) is 27.7 Å². The van der Waals surface area contributed by atoms with Crippen molar-refractivity contribution in [2.24, 2.45) is 7.05 Å². The second-order valence-corrected chi connectivity index (χ2v) is 8.83. The summed E-state index contributed by atoms with van der Waals surface area (Å²) in [5, 5.41) is 5.92. The topological polar surface area (TPSA) is 77.1 Å². The predicted octanol–water partition coefficient (Wildman–Crippen LogP) is 4.28. The Morgan fingerprint density at radius 3 is 2.83 bits per heavy atom. The first-order chi connectivity index (χ1) is 14.4. The summed E-state index contributed by atoms with van der Waals surface area (Å²) in [5.74, 6) is 0.715. The fourth-order valence-corrected chi connectivity index (χ4v) is 4.87. The Bertz CT molecular complexity index is 1270. The van der Waals surface area contributed by atoms with E-state index in [1.165, 1.54) is 38.8 Å². The first-order valence-electron chi connectivity index (χ1n) is 9.42. The number of amides is 1. The van der Waals surface area contributed by atoms with E-state index in [1.807, 2.05) is 11.4 Å². The highest BCUT2D eigenvalue weighted by Crippen LogP contribution is 2.32. The van der Waals surface area contributed by atoms with Crippen LogP contribution in [-0.4, -0.2) is 21.2 Å². The third kappa shape index (κ3) is 4.06. The van der Waals surface area contributed by atoms with Crippen molar-refractivity contribution in [3.8, 4) is 11.1 Å². The number of hydrogen-bond donors (Lipinski definition) is 1.